The lowest BCUT2D eigenvalue weighted by molar-refractivity contribution is -0.0589. The number of amides is 1. The predicted octanol–water partition coefficient (Wildman–Crippen LogP) is 2.00. The number of aliphatic hydroxyl groups is 1. The van der Waals surface area contributed by atoms with Crippen LogP contribution < -0.4 is 0 Å². The molecular weight excluding hydrogens is 266 g/mol. The number of hydrogen-bond acceptors (Lipinski definition) is 3. The molecule has 0 radical (unpaired) electrons. The minimum absolute atomic E-state index is 0.0502. The van der Waals surface area contributed by atoms with Crippen LogP contribution in [-0.2, 0) is 4.74 Å². The van der Waals surface area contributed by atoms with Crippen molar-refractivity contribution < 1.29 is 14.6 Å². The molecule has 2 aliphatic heterocycles. The fraction of sp³-hybridized carbons (Fsp3) is 0.588. The monoisotopic (exact) mass is 289 g/mol. The van der Waals surface area contributed by atoms with E-state index in [4.69, 9.17) is 4.74 Å². The highest BCUT2D eigenvalue weighted by Gasteiger charge is 2.39. The number of ether oxygens (including phenoxy) is 1. The fourth-order valence-electron chi connectivity index (χ4n) is 3.57. The molecule has 0 bridgehead atoms. The number of aryl methyl sites for hydroxylation is 1. The van der Waals surface area contributed by atoms with Gasteiger partial charge in [-0.15, -0.1) is 0 Å². The lowest BCUT2D eigenvalue weighted by Crippen LogP contribution is -2.48. The van der Waals surface area contributed by atoms with Crippen LogP contribution in [0.5, 0.6) is 0 Å². The Kier molecular flexibility index (Phi) is 4.27. The van der Waals surface area contributed by atoms with E-state index in [1.807, 2.05) is 36.1 Å². The summed E-state index contributed by atoms with van der Waals surface area (Å²) in [6.07, 6.45) is 2.29. The van der Waals surface area contributed by atoms with Gasteiger partial charge in [-0.25, -0.2) is 0 Å². The number of carbonyl (C=O) groups is 1. The van der Waals surface area contributed by atoms with Gasteiger partial charge in [-0.05, 0) is 37.8 Å². The normalized spacial score (nSPS) is 29.6. The summed E-state index contributed by atoms with van der Waals surface area (Å²) in [5.74, 6) is 0.141. The summed E-state index contributed by atoms with van der Waals surface area (Å²) in [7, 11) is 0. The first-order valence-corrected chi connectivity index (χ1v) is 7.81. The van der Waals surface area contributed by atoms with Crippen LogP contribution in [-0.4, -0.2) is 47.8 Å². The van der Waals surface area contributed by atoms with Crippen molar-refractivity contribution in [1.29, 1.82) is 0 Å². The molecule has 21 heavy (non-hydrogen) atoms. The van der Waals surface area contributed by atoms with Gasteiger partial charge < -0.3 is 14.7 Å². The Morgan fingerprint density at radius 3 is 2.90 bits per heavy atom. The molecule has 1 aromatic rings. The molecule has 2 fully saturated rings. The van der Waals surface area contributed by atoms with E-state index in [1.165, 1.54) is 0 Å². The van der Waals surface area contributed by atoms with E-state index >= 15 is 0 Å². The summed E-state index contributed by atoms with van der Waals surface area (Å²) < 4.78 is 5.52. The van der Waals surface area contributed by atoms with Crippen molar-refractivity contribution in [3.05, 3.63) is 35.4 Å². The molecule has 0 aliphatic carbocycles. The Hall–Kier alpha value is -1.39. The maximum atomic E-state index is 12.8. The number of hydrogen-bond donors (Lipinski definition) is 1. The van der Waals surface area contributed by atoms with Crippen molar-refractivity contribution >= 4 is 5.91 Å². The number of aliphatic hydroxyl groups excluding tert-OH is 1. The molecule has 2 saturated heterocycles. The molecular formula is C17H23NO3. The molecule has 3 unspecified atom stereocenters. The zero-order valence-corrected chi connectivity index (χ0v) is 12.5. The minimum Gasteiger partial charge on any atom is -0.393 e. The highest BCUT2D eigenvalue weighted by Crippen LogP contribution is 2.31. The van der Waals surface area contributed by atoms with Crippen molar-refractivity contribution in [2.45, 2.75) is 38.3 Å². The van der Waals surface area contributed by atoms with Crippen LogP contribution in [0.15, 0.2) is 24.3 Å². The molecule has 114 valence electrons. The molecule has 2 heterocycles. The van der Waals surface area contributed by atoms with Crippen molar-refractivity contribution in [2.75, 3.05) is 19.8 Å². The Morgan fingerprint density at radius 1 is 1.33 bits per heavy atom. The van der Waals surface area contributed by atoms with E-state index in [0.717, 1.165) is 30.5 Å². The third kappa shape index (κ3) is 2.83. The van der Waals surface area contributed by atoms with E-state index in [-0.39, 0.29) is 24.0 Å². The summed E-state index contributed by atoms with van der Waals surface area (Å²) in [5, 5.41) is 10.2. The summed E-state index contributed by atoms with van der Waals surface area (Å²) >= 11 is 0. The molecule has 0 aromatic heterocycles. The van der Waals surface area contributed by atoms with Gasteiger partial charge in [-0.1, -0.05) is 18.2 Å². The SMILES string of the molecule is Cc1ccccc1C(=O)N1CCCC1C1COCCC1O. The first kappa shape index (κ1) is 14.5. The van der Waals surface area contributed by atoms with Crippen LogP contribution in [0.25, 0.3) is 0 Å². The first-order chi connectivity index (χ1) is 10.2. The second kappa shape index (κ2) is 6.16. The Bertz CT molecular complexity index is 517. The van der Waals surface area contributed by atoms with Gasteiger partial charge in [0, 0.05) is 30.7 Å². The molecule has 0 saturated carbocycles. The van der Waals surface area contributed by atoms with Crippen molar-refractivity contribution in [3.63, 3.8) is 0 Å². The quantitative estimate of drug-likeness (QED) is 0.906. The summed E-state index contributed by atoms with van der Waals surface area (Å²) in [5.41, 5.74) is 1.78. The minimum atomic E-state index is -0.353. The zero-order chi connectivity index (χ0) is 14.8. The fourth-order valence-corrected chi connectivity index (χ4v) is 3.57. The third-order valence-corrected chi connectivity index (χ3v) is 4.79. The maximum Gasteiger partial charge on any atom is 0.254 e. The molecule has 0 spiro atoms. The summed E-state index contributed by atoms with van der Waals surface area (Å²) in [6.45, 7) is 3.93. The van der Waals surface area contributed by atoms with Gasteiger partial charge in [0.15, 0.2) is 0 Å². The van der Waals surface area contributed by atoms with Crippen LogP contribution in [0.4, 0.5) is 0 Å². The van der Waals surface area contributed by atoms with E-state index in [0.29, 0.717) is 19.6 Å². The van der Waals surface area contributed by atoms with Crippen molar-refractivity contribution in [1.82, 2.24) is 4.90 Å². The molecule has 1 amide bonds. The van der Waals surface area contributed by atoms with Gasteiger partial charge in [-0.3, -0.25) is 4.79 Å². The average Bonchev–Trinajstić information content (AvgIpc) is 2.97. The lowest BCUT2D eigenvalue weighted by atomic mass is 9.89. The smallest absolute Gasteiger partial charge is 0.254 e. The average molecular weight is 289 g/mol. The number of nitrogens with zero attached hydrogens (tertiary/aromatic N) is 1. The lowest BCUT2D eigenvalue weighted by Gasteiger charge is -2.37. The highest BCUT2D eigenvalue weighted by molar-refractivity contribution is 5.96. The van der Waals surface area contributed by atoms with Gasteiger partial charge in [0.25, 0.3) is 5.91 Å². The molecule has 4 nitrogen and oxygen atoms in total. The zero-order valence-electron chi connectivity index (χ0n) is 12.5. The third-order valence-electron chi connectivity index (χ3n) is 4.79. The largest absolute Gasteiger partial charge is 0.393 e. The van der Waals surface area contributed by atoms with Gasteiger partial charge in [-0.2, -0.15) is 0 Å². The highest BCUT2D eigenvalue weighted by atomic mass is 16.5. The molecule has 1 N–H and O–H groups in total. The molecule has 4 heteroatoms. The second-order valence-corrected chi connectivity index (χ2v) is 6.12. The number of carbonyl (C=O) groups excluding carboxylic acids is 1. The first-order valence-electron chi connectivity index (χ1n) is 7.81. The standard InChI is InChI=1S/C17H23NO3/c1-12-5-2-3-6-13(12)17(20)18-9-4-7-15(18)14-11-21-10-8-16(14)19/h2-3,5-6,14-16,19H,4,7-11H2,1H3. The van der Waals surface area contributed by atoms with Gasteiger partial charge in [0.05, 0.1) is 12.7 Å². The Balaban J connectivity index is 1.80. The van der Waals surface area contributed by atoms with Gasteiger partial charge in [0.1, 0.15) is 0 Å². The van der Waals surface area contributed by atoms with Crippen LogP contribution in [0.1, 0.15) is 35.2 Å². The van der Waals surface area contributed by atoms with Crippen molar-refractivity contribution in [3.8, 4) is 0 Å². The Morgan fingerprint density at radius 2 is 2.14 bits per heavy atom. The number of likely N-dealkylation sites (tertiary alicyclic amines) is 1. The summed E-state index contributed by atoms with van der Waals surface area (Å²) in [6, 6.07) is 7.82. The summed E-state index contributed by atoms with van der Waals surface area (Å²) in [4.78, 5) is 14.8. The molecule has 1 aromatic carbocycles. The molecule has 3 atom stereocenters. The van der Waals surface area contributed by atoms with Crippen molar-refractivity contribution in [2.24, 2.45) is 5.92 Å². The van der Waals surface area contributed by atoms with Crippen LogP contribution in [0.3, 0.4) is 0 Å². The van der Waals surface area contributed by atoms with Gasteiger partial charge in [0.2, 0.25) is 0 Å². The van der Waals surface area contributed by atoms with E-state index < -0.39 is 0 Å². The molecule has 3 rings (SSSR count). The van der Waals surface area contributed by atoms with Crippen LogP contribution in [0.2, 0.25) is 0 Å². The number of benzene rings is 1. The number of rotatable bonds is 2. The second-order valence-electron chi connectivity index (χ2n) is 6.12. The van der Waals surface area contributed by atoms with Crippen LogP contribution in [0, 0.1) is 12.8 Å². The Labute approximate surface area is 125 Å². The van der Waals surface area contributed by atoms with Gasteiger partial charge >= 0.3 is 0 Å². The van der Waals surface area contributed by atoms with Crippen LogP contribution >= 0.6 is 0 Å². The van der Waals surface area contributed by atoms with E-state index in [9.17, 15) is 9.90 Å². The van der Waals surface area contributed by atoms with E-state index in [2.05, 4.69) is 0 Å². The topological polar surface area (TPSA) is 49.8 Å². The molecule has 2 aliphatic rings. The van der Waals surface area contributed by atoms with E-state index in [1.54, 1.807) is 0 Å². The maximum absolute atomic E-state index is 12.8. The predicted molar refractivity (Wildman–Crippen MR) is 80.2 cm³/mol.